The second-order valence-electron chi connectivity index (χ2n) is 6.39. The monoisotopic (exact) mass is 397 g/mol. The fourth-order valence-corrected chi connectivity index (χ4v) is 4.27. The van der Waals surface area contributed by atoms with E-state index in [0.717, 1.165) is 25.7 Å². The first-order valence-electron chi connectivity index (χ1n) is 8.56. The zero-order valence-corrected chi connectivity index (χ0v) is 15.7. The first kappa shape index (κ1) is 18.8. The van der Waals surface area contributed by atoms with Crippen LogP contribution < -0.4 is 5.32 Å². The van der Waals surface area contributed by atoms with E-state index in [1.807, 2.05) is 0 Å². The topological polar surface area (TPSA) is 102 Å². The van der Waals surface area contributed by atoms with Gasteiger partial charge in [0.25, 0.3) is 0 Å². The van der Waals surface area contributed by atoms with E-state index in [9.17, 15) is 13.2 Å². The molecule has 1 aliphatic rings. The van der Waals surface area contributed by atoms with Crippen molar-refractivity contribution >= 4 is 27.3 Å². The maximum Gasteiger partial charge on any atom is 0.315 e. The highest BCUT2D eigenvalue weighted by Gasteiger charge is 2.23. The van der Waals surface area contributed by atoms with Crippen LogP contribution in [-0.2, 0) is 15.6 Å². The molecule has 0 saturated heterocycles. The summed E-state index contributed by atoms with van der Waals surface area (Å²) >= 11 is 5.77. The average Bonchev–Trinajstić information content (AvgIpc) is 2.90. The van der Waals surface area contributed by atoms with Gasteiger partial charge < -0.3 is 9.84 Å². The predicted octanol–water partition coefficient (Wildman–Crippen LogP) is 3.15. The third-order valence-electron chi connectivity index (χ3n) is 4.34. The van der Waals surface area contributed by atoms with Crippen LogP contribution in [0.4, 0.5) is 0 Å². The van der Waals surface area contributed by atoms with Gasteiger partial charge in [-0.05, 0) is 37.1 Å². The number of benzene rings is 1. The van der Waals surface area contributed by atoms with Crippen LogP contribution in [0.2, 0.25) is 5.02 Å². The lowest BCUT2D eigenvalue weighted by Gasteiger charge is -2.14. The summed E-state index contributed by atoms with van der Waals surface area (Å²) in [5.74, 6) is -1.17. The van der Waals surface area contributed by atoms with E-state index >= 15 is 0 Å². The molecule has 140 valence electrons. The van der Waals surface area contributed by atoms with Crippen LogP contribution in [0.5, 0.6) is 0 Å². The number of nitrogens with one attached hydrogen (secondary N) is 1. The van der Waals surface area contributed by atoms with Gasteiger partial charge >= 0.3 is 11.8 Å². The molecule has 9 heteroatoms. The molecule has 0 unspecified atom stereocenters. The van der Waals surface area contributed by atoms with Crippen LogP contribution in [0.15, 0.2) is 33.7 Å². The molecule has 26 heavy (non-hydrogen) atoms. The summed E-state index contributed by atoms with van der Waals surface area (Å²) in [4.78, 5) is 16.3. The van der Waals surface area contributed by atoms with E-state index in [0.29, 0.717) is 5.02 Å². The fraction of sp³-hybridized carbons (Fsp3) is 0.471. The molecule has 1 aromatic heterocycles. The minimum absolute atomic E-state index is 0.0500. The largest absolute Gasteiger partial charge is 0.345 e. The van der Waals surface area contributed by atoms with E-state index in [1.165, 1.54) is 37.1 Å². The van der Waals surface area contributed by atoms with Gasteiger partial charge in [0.15, 0.2) is 15.7 Å². The van der Waals surface area contributed by atoms with Crippen LogP contribution in [0.3, 0.4) is 0 Å². The van der Waals surface area contributed by atoms with Crippen LogP contribution in [-0.4, -0.2) is 30.5 Å². The number of amides is 1. The van der Waals surface area contributed by atoms with Gasteiger partial charge in [0.2, 0.25) is 0 Å². The Morgan fingerprint density at radius 2 is 1.81 bits per heavy atom. The standard InChI is InChI=1S/C17H20ClN3O4S/c18-12-7-9-14(10-8-12)26(23,24)11-15-20-17(25-21-15)16(22)19-13-5-3-1-2-4-6-13/h7-10,13H,1-6,11H2,(H,19,22). The minimum atomic E-state index is -3.65. The third-order valence-corrected chi connectivity index (χ3v) is 6.23. The number of halogens is 1. The molecule has 0 spiro atoms. The van der Waals surface area contributed by atoms with Crippen molar-refractivity contribution in [1.29, 1.82) is 0 Å². The van der Waals surface area contributed by atoms with E-state index < -0.39 is 21.5 Å². The second-order valence-corrected chi connectivity index (χ2v) is 8.82. The maximum absolute atomic E-state index is 12.4. The summed E-state index contributed by atoms with van der Waals surface area (Å²) in [5, 5.41) is 6.96. The molecule has 2 aromatic rings. The molecular formula is C17H20ClN3O4S. The molecule has 1 aromatic carbocycles. The molecule has 1 amide bonds. The first-order valence-corrected chi connectivity index (χ1v) is 10.6. The number of aromatic nitrogens is 2. The van der Waals surface area contributed by atoms with Crippen molar-refractivity contribution in [1.82, 2.24) is 15.5 Å². The SMILES string of the molecule is O=C(NC1CCCCCC1)c1nc(CS(=O)(=O)c2ccc(Cl)cc2)no1. The van der Waals surface area contributed by atoms with Gasteiger partial charge in [0.05, 0.1) is 4.90 Å². The number of sulfone groups is 1. The quantitative estimate of drug-likeness (QED) is 0.777. The Labute approximate surface area is 157 Å². The van der Waals surface area contributed by atoms with Crippen molar-refractivity contribution in [3.05, 3.63) is 41.0 Å². The molecule has 1 fully saturated rings. The zero-order valence-electron chi connectivity index (χ0n) is 14.2. The summed E-state index contributed by atoms with van der Waals surface area (Å²) in [7, 11) is -3.65. The fourth-order valence-electron chi connectivity index (χ4n) is 2.97. The molecule has 0 radical (unpaired) electrons. The van der Waals surface area contributed by atoms with Crippen molar-refractivity contribution in [2.24, 2.45) is 0 Å². The highest BCUT2D eigenvalue weighted by Crippen LogP contribution is 2.19. The van der Waals surface area contributed by atoms with Gasteiger partial charge in [0.1, 0.15) is 5.75 Å². The molecule has 1 heterocycles. The van der Waals surface area contributed by atoms with Gasteiger partial charge in [-0.15, -0.1) is 0 Å². The van der Waals surface area contributed by atoms with Crippen LogP contribution >= 0.6 is 11.6 Å². The second kappa shape index (κ2) is 8.18. The third kappa shape index (κ3) is 4.82. The van der Waals surface area contributed by atoms with Crippen molar-refractivity contribution in [3.8, 4) is 0 Å². The lowest BCUT2D eigenvalue weighted by Crippen LogP contribution is -2.34. The molecule has 1 saturated carbocycles. The molecule has 1 aliphatic carbocycles. The summed E-state index contributed by atoms with van der Waals surface area (Å²) < 4.78 is 29.7. The Hall–Kier alpha value is -1.93. The van der Waals surface area contributed by atoms with Gasteiger partial charge in [-0.2, -0.15) is 4.98 Å². The highest BCUT2D eigenvalue weighted by atomic mass is 35.5. The van der Waals surface area contributed by atoms with Gasteiger partial charge in [-0.3, -0.25) is 4.79 Å². The molecular weight excluding hydrogens is 378 g/mol. The number of hydrogen-bond donors (Lipinski definition) is 1. The summed E-state index contributed by atoms with van der Waals surface area (Å²) in [6.45, 7) is 0. The Morgan fingerprint density at radius 1 is 1.15 bits per heavy atom. The molecule has 7 nitrogen and oxygen atoms in total. The molecule has 0 aliphatic heterocycles. The van der Waals surface area contributed by atoms with Gasteiger partial charge in [0, 0.05) is 11.1 Å². The first-order chi connectivity index (χ1) is 12.4. The van der Waals surface area contributed by atoms with Gasteiger partial charge in [-0.25, -0.2) is 8.42 Å². The van der Waals surface area contributed by atoms with Crippen molar-refractivity contribution in [3.63, 3.8) is 0 Å². The van der Waals surface area contributed by atoms with Crippen molar-refractivity contribution in [2.45, 2.75) is 55.2 Å². The van der Waals surface area contributed by atoms with Gasteiger partial charge in [-0.1, -0.05) is 42.4 Å². The zero-order chi connectivity index (χ0) is 18.6. The highest BCUT2D eigenvalue weighted by molar-refractivity contribution is 7.90. The van der Waals surface area contributed by atoms with Crippen molar-refractivity contribution < 1.29 is 17.7 Å². The molecule has 1 N–H and O–H groups in total. The van der Waals surface area contributed by atoms with Crippen LogP contribution in [0.25, 0.3) is 0 Å². The number of carbonyl (C=O) groups excluding carboxylic acids is 1. The van der Waals surface area contributed by atoms with E-state index in [4.69, 9.17) is 16.1 Å². The Bertz CT molecular complexity index is 856. The summed E-state index contributed by atoms with van der Waals surface area (Å²) in [6, 6.07) is 5.92. The number of hydrogen-bond acceptors (Lipinski definition) is 6. The van der Waals surface area contributed by atoms with E-state index in [2.05, 4.69) is 15.5 Å². The van der Waals surface area contributed by atoms with Crippen LogP contribution in [0, 0.1) is 0 Å². The van der Waals surface area contributed by atoms with Crippen molar-refractivity contribution in [2.75, 3.05) is 0 Å². The van der Waals surface area contributed by atoms with E-state index in [1.54, 1.807) is 0 Å². The number of nitrogens with zero attached hydrogens (tertiary/aromatic N) is 2. The summed E-state index contributed by atoms with van der Waals surface area (Å²) in [5.41, 5.74) is 0. The molecule has 0 bridgehead atoms. The molecule has 0 atom stereocenters. The number of carbonyl (C=O) groups is 1. The maximum atomic E-state index is 12.4. The minimum Gasteiger partial charge on any atom is -0.345 e. The smallest absolute Gasteiger partial charge is 0.315 e. The van der Waals surface area contributed by atoms with Crippen LogP contribution in [0.1, 0.15) is 55.0 Å². The predicted molar refractivity (Wildman–Crippen MR) is 95.6 cm³/mol. The van der Waals surface area contributed by atoms with E-state index in [-0.39, 0.29) is 22.7 Å². The Morgan fingerprint density at radius 3 is 2.46 bits per heavy atom. The summed E-state index contributed by atoms with van der Waals surface area (Å²) in [6.07, 6.45) is 6.38. The molecule has 3 rings (SSSR count). The Balaban J connectivity index is 1.65. The number of rotatable bonds is 5. The Kier molecular flexibility index (Phi) is 5.93. The normalized spacial score (nSPS) is 16.2. The average molecular weight is 398 g/mol. The lowest BCUT2D eigenvalue weighted by molar-refractivity contribution is 0.0889. The lowest BCUT2D eigenvalue weighted by atomic mass is 10.1.